The van der Waals surface area contributed by atoms with E-state index < -0.39 is 0 Å². The van der Waals surface area contributed by atoms with Gasteiger partial charge in [0.2, 0.25) is 0 Å². The third-order valence-corrected chi connectivity index (χ3v) is 3.78. The van der Waals surface area contributed by atoms with Crippen molar-refractivity contribution in [2.45, 2.75) is 32.4 Å². The lowest BCUT2D eigenvalue weighted by atomic mass is 10.0. The second-order valence-corrected chi connectivity index (χ2v) is 6.16. The standard InChI is InChI=1S/C16H21NO2/c1-16(2,3)17-8-9-18-15(11-17)14-10-12-6-4-5-7-13(12)19-14/h4-7,10,15H,8-9,11H2,1-3H3/t15-/m0/s1. The molecule has 0 radical (unpaired) electrons. The van der Waals surface area contributed by atoms with Gasteiger partial charge in [-0.3, -0.25) is 4.90 Å². The maximum absolute atomic E-state index is 5.92. The number of fused-ring (bicyclic) bond motifs is 1. The summed E-state index contributed by atoms with van der Waals surface area (Å²) < 4.78 is 11.8. The van der Waals surface area contributed by atoms with Gasteiger partial charge in [0, 0.05) is 24.0 Å². The molecule has 102 valence electrons. The van der Waals surface area contributed by atoms with Crippen molar-refractivity contribution in [1.29, 1.82) is 0 Å². The summed E-state index contributed by atoms with van der Waals surface area (Å²) in [6, 6.07) is 10.2. The van der Waals surface area contributed by atoms with E-state index >= 15 is 0 Å². The van der Waals surface area contributed by atoms with Crippen LogP contribution < -0.4 is 0 Å². The van der Waals surface area contributed by atoms with Gasteiger partial charge in [0.15, 0.2) is 0 Å². The van der Waals surface area contributed by atoms with Crippen LogP contribution in [0.4, 0.5) is 0 Å². The number of benzene rings is 1. The molecule has 0 unspecified atom stereocenters. The second kappa shape index (κ2) is 4.66. The molecule has 0 saturated carbocycles. The van der Waals surface area contributed by atoms with Crippen LogP contribution in [0.1, 0.15) is 32.6 Å². The van der Waals surface area contributed by atoms with E-state index in [2.05, 4.69) is 37.8 Å². The lowest BCUT2D eigenvalue weighted by Crippen LogP contribution is -2.48. The molecule has 1 saturated heterocycles. The summed E-state index contributed by atoms with van der Waals surface area (Å²) >= 11 is 0. The number of furan rings is 1. The molecular formula is C16H21NO2. The molecule has 2 aromatic rings. The largest absolute Gasteiger partial charge is 0.458 e. The molecule has 1 aromatic carbocycles. The summed E-state index contributed by atoms with van der Waals surface area (Å²) in [6.45, 7) is 9.37. The smallest absolute Gasteiger partial charge is 0.135 e. The number of nitrogens with zero attached hydrogens (tertiary/aromatic N) is 1. The summed E-state index contributed by atoms with van der Waals surface area (Å²) in [5.41, 5.74) is 1.11. The van der Waals surface area contributed by atoms with E-state index in [9.17, 15) is 0 Å². The third-order valence-electron chi connectivity index (χ3n) is 3.78. The number of ether oxygens (including phenoxy) is 1. The first-order valence-electron chi connectivity index (χ1n) is 6.89. The maximum atomic E-state index is 5.92. The molecule has 0 amide bonds. The zero-order chi connectivity index (χ0) is 13.5. The van der Waals surface area contributed by atoms with Crippen LogP contribution in [0.2, 0.25) is 0 Å². The van der Waals surface area contributed by atoms with Gasteiger partial charge in [-0.15, -0.1) is 0 Å². The minimum absolute atomic E-state index is 0.0420. The molecule has 3 heteroatoms. The average molecular weight is 259 g/mol. The van der Waals surface area contributed by atoms with E-state index in [1.807, 2.05) is 18.2 Å². The fourth-order valence-electron chi connectivity index (χ4n) is 2.59. The summed E-state index contributed by atoms with van der Waals surface area (Å²) in [7, 11) is 0. The Morgan fingerprint density at radius 1 is 1.21 bits per heavy atom. The van der Waals surface area contributed by atoms with Gasteiger partial charge in [-0.1, -0.05) is 18.2 Å². The number of hydrogen-bond donors (Lipinski definition) is 0. The predicted molar refractivity (Wildman–Crippen MR) is 76.2 cm³/mol. The van der Waals surface area contributed by atoms with Crippen LogP contribution >= 0.6 is 0 Å². The molecule has 1 aliphatic heterocycles. The van der Waals surface area contributed by atoms with Crippen molar-refractivity contribution < 1.29 is 9.15 Å². The third kappa shape index (κ3) is 2.53. The molecule has 1 fully saturated rings. The first kappa shape index (κ1) is 12.7. The fourth-order valence-corrected chi connectivity index (χ4v) is 2.59. The van der Waals surface area contributed by atoms with Crippen molar-refractivity contribution in [2.75, 3.05) is 19.7 Å². The maximum Gasteiger partial charge on any atom is 0.135 e. The van der Waals surface area contributed by atoms with E-state index in [4.69, 9.17) is 9.15 Å². The molecule has 0 bridgehead atoms. The van der Waals surface area contributed by atoms with Crippen LogP contribution in [0.25, 0.3) is 11.0 Å². The lowest BCUT2D eigenvalue weighted by Gasteiger charge is -2.40. The van der Waals surface area contributed by atoms with Crippen molar-refractivity contribution in [3.8, 4) is 0 Å². The molecule has 1 atom stereocenters. The summed E-state index contributed by atoms with van der Waals surface area (Å²) in [5.74, 6) is 0.940. The molecule has 3 nitrogen and oxygen atoms in total. The van der Waals surface area contributed by atoms with Crippen molar-refractivity contribution in [2.24, 2.45) is 0 Å². The van der Waals surface area contributed by atoms with E-state index in [1.54, 1.807) is 0 Å². The molecule has 1 aliphatic rings. The minimum Gasteiger partial charge on any atom is -0.458 e. The van der Waals surface area contributed by atoms with Gasteiger partial charge in [-0.25, -0.2) is 0 Å². The molecule has 3 rings (SSSR count). The molecule has 0 N–H and O–H groups in total. The Labute approximate surface area is 114 Å². The summed E-state index contributed by atoms with van der Waals surface area (Å²) in [5, 5.41) is 1.15. The van der Waals surface area contributed by atoms with Gasteiger partial charge < -0.3 is 9.15 Å². The van der Waals surface area contributed by atoms with E-state index in [0.717, 1.165) is 36.4 Å². The fraction of sp³-hybridized carbons (Fsp3) is 0.500. The van der Waals surface area contributed by atoms with Crippen molar-refractivity contribution in [3.05, 3.63) is 36.1 Å². The van der Waals surface area contributed by atoms with Gasteiger partial charge in [-0.2, -0.15) is 0 Å². The Balaban J connectivity index is 1.85. The quantitative estimate of drug-likeness (QED) is 0.782. The van der Waals surface area contributed by atoms with E-state index in [-0.39, 0.29) is 11.6 Å². The monoisotopic (exact) mass is 259 g/mol. The van der Waals surface area contributed by atoms with Gasteiger partial charge in [0.05, 0.1) is 6.61 Å². The Bertz CT molecular complexity index is 534. The Morgan fingerprint density at radius 2 is 2.00 bits per heavy atom. The van der Waals surface area contributed by atoms with Crippen LogP contribution in [-0.4, -0.2) is 30.1 Å². The first-order valence-corrected chi connectivity index (χ1v) is 6.89. The van der Waals surface area contributed by atoms with E-state index in [1.165, 1.54) is 0 Å². The zero-order valence-corrected chi connectivity index (χ0v) is 11.8. The second-order valence-electron chi connectivity index (χ2n) is 6.16. The zero-order valence-electron chi connectivity index (χ0n) is 11.8. The van der Waals surface area contributed by atoms with Crippen LogP contribution in [0.5, 0.6) is 0 Å². The molecule has 19 heavy (non-hydrogen) atoms. The van der Waals surface area contributed by atoms with Gasteiger partial charge in [0.1, 0.15) is 17.4 Å². The van der Waals surface area contributed by atoms with Crippen molar-refractivity contribution in [1.82, 2.24) is 4.90 Å². The molecule has 1 aromatic heterocycles. The van der Waals surface area contributed by atoms with Crippen LogP contribution in [0.3, 0.4) is 0 Å². The predicted octanol–water partition coefficient (Wildman–Crippen LogP) is 3.60. The van der Waals surface area contributed by atoms with Crippen molar-refractivity contribution in [3.63, 3.8) is 0 Å². The molecule has 2 heterocycles. The van der Waals surface area contributed by atoms with Gasteiger partial charge in [0.25, 0.3) is 0 Å². The van der Waals surface area contributed by atoms with Crippen molar-refractivity contribution >= 4 is 11.0 Å². The molecule has 0 aliphatic carbocycles. The molecular weight excluding hydrogens is 238 g/mol. The van der Waals surface area contributed by atoms with Gasteiger partial charge >= 0.3 is 0 Å². The normalized spacial score (nSPS) is 21.9. The SMILES string of the molecule is CC(C)(C)N1CCO[C@H](c2cc3ccccc3o2)C1. The Morgan fingerprint density at radius 3 is 2.74 bits per heavy atom. The molecule has 0 spiro atoms. The minimum atomic E-state index is 0.0420. The Hall–Kier alpha value is -1.32. The highest BCUT2D eigenvalue weighted by Gasteiger charge is 2.30. The first-order chi connectivity index (χ1) is 9.04. The number of para-hydroxylation sites is 1. The number of hydrogen-bond acceptors (Lipinski definition) is 3. The highest BCUT2D eigenvalue weighted by atomic mass is 16.5. The average Bonchev–Trinajstić information content (AvgIpc) is 2.81. The summed E-state index contributed by atoms with van der Waals surface area (Å²) in [4.78, 5) is 2.45. The van der Waals surface area contributed by atoms with Crippen LogP contribution in [0.15, 0.2) is 34.7 Å². The Kier molecular flexibility index (Phi) is 3.11. The number of rotatable bonds is 1. The van der Waals surface area contributed by atoms with Crippen LogP contribution in [0, 0.1) is 0 Å². The number of morpholine rings is 1. The van der Waals surface area contributed by atoms with Crippen LogP contribution in [-0.2, 0) is 4.74 Å². The lowest BCUT2D eigenvalue weighted by molar-refractivity contribution is -0.0671. The van der Waals surface area contributed by atoms with Gasteiger partial charge in [-0.05, 0) is 32.9 Å². The highest BCUT2D eigenvalue weighted by Crippen LogP contribution is 2.30. The van der Waals surface area contributed by atoms with E-state index in [0.29, 0.717) is 0 Å². The highest BCUT2D eigenvalue weighted by molar-refractivity contribution is 5.77. The topological polar surface area (TPSA) is 25.6 Å². The summed E-state index contributed by atoms with van der Waals surface area (Å²) in [6.07, 6.45) is 0.0420.